The van der Waals surface area contributed by atoms with Crippen molar-refractivity contribution in [2.24, 2.45) is 0 Å². The van der Waals surface area contributed by atoms with E-state index in [4.69, 9.17) is 40.2 Å². The molecule has 0 spiro atoms. The molecule has 0 N–H and O–H groups in total. The van der Waals surface area contributed by atoms with Crippen molar-refractivity contribution < 1.29 is 9.53 Å². The molecule has 0 saturated carbocycles. The van der Waals surface area contributed by atoms with E-state index >= 15 is 0 Å². The fourth-order valence-electron chi connectivity index (χ4n) is 2.43. The van der Waals surface area contributed by atoms with Gasteiger partial charge in [0.25, 0.3) is 5.91 Å². The highest BCUT2D eigenvalue weighted by molar-refractivity contribution is 8.26. The minimum Gasteiger partial charge on any atom is -0.489 e. The summed E-state index contributed by atoms with van der Waals surface area (Å²) < 4.78 is 6.37. The number of thioether (sulfide) groups is 1. The van der Waals surface area contributed by atoms with Crippen LogP contribution in [0, 0.1) is 0 Å². The lowest BCUT2D eigenvalue weighted by molar-refractivity contribution is -0.121. The van der Waals surface area contributed by atoms with Crippen molar-refractivity contribution in [2.75, 3.05) is 6.54 Å². The van der Waals surface area contributed by atoms with E-state index in [1.54, 1.807) is 18.2 Å². The van der Waals surface area contributed by atoms with Crippen LogP contribution in [0.5, 0.6) is 5.75 Å². The smallest absolute Gasteiger partial charge is 0.266 e. The van der Waals surface area contributed by atoms with Crippen LogP contribution in [0.4, 0.5) is 0 Å². The predicted octanol–water partition coefficient (Wildman–Crippen LogP) is 5.96. The van der Waals surface area contributed by atoms with Gasteiger partial charge in [-0.15, -0.1) is 6.58 Å². The van der Waals surface area contributed by atoms with E-state index in [0.29, 0.717) is 38.2 Å². The van der Waals surface area contributed by atoms with Gasteiger partial charge in [0.1, 0.15) is 16.7 Å². The Kier molecular flexibility index (Phi) is 6.60. The number of halogens is 2. The number of nitrogens with zero attached hydrogens (tertiary/aromatic N) is 1. The quantitative estimate of drug-likeness (QED) is 0.318. The van der Waals surface area contributed by atoms with Gasteiger partial charge in [-0.05, 0) is 35.9 Å². The predicted molar refractivity (Wildman–Crippen MR) is 117 cm³/mol. The molecule has 1 aliphatic rings. The van der Waals surface area contributed by atoms with Crippen molar-refractivity contribution >= 4 is 63.5 Å². The minimum atomic E-state index is -0.107. The van der Waals surface area contributed by atoms with Crippen molar-refractivity contribution in [2.45, 2.75) is 6.61 Å². The van der Waals surface area contributed by atoms with Crippen LogP contribution in [0.15, 0.2) is 60.0 Å². The second-order valence-electron chi connectivity index (χ2n) is 5.68. The molecule has 0 radical (unpaired) electrons. The Morgan fingerprint density at radius 3 is 2.78 bits per heavy atom. The standard InChI is InChI=1S/C20H15Cl2NO2S2/c1-2-8-23-19(24)18(27-20(23)26)10-13-4-3-5-16(9-13)25-12-14-6-7-15(21)11-17(14)22/h2-7,9-11H,1,8,12H2. The van der Waals surface area contributed by atoms with Gasteiger partial charge in [0.2, 0.25) is 0 Å². The van der Waals surface area contributed by atoms with Crippen LogP contribution in [0.2, 0.25) is 10.0 Å². The molecule has 1 aliphatic heterocycles. The Morgan fingerprint density at radius 2 is 2.04 bits per heavy atom. The molecule has 2 aromatic rings. The highest BCUT2D eigenvalue weighted by atomic mass is 35.5. The lowest BCUT2D eigenvalue weighted by Gasteiger charge is -2.10. The average Bonchev–Trinajstić information content (AvgIpc) is 2.89. The number of hydrogen-bond acceptors (Lipinski definition) is 4. The zero-order valence-corrected chi connectivity index (χ0v) is 17.3. The Bertz CT molecular complexity index is 943. The Balaban J connectivity index is 1.73. The van der Waals surface area contributed by atoms with E-state index in [0.717, 1.165) is 11.1 Å². The molecule has 3 rings (SSSR count). The summed E-state index contributed by atoms with van der Waals surface area (Å²) in [4.78, 5) is 14.5. The van der Waals surface area contributed by atoms with Crippen LogP contribution in [0.3, 0.4) is 0 Å². The highest BCUT2D eigenvalue weighted by Crippen LogP contribution is 2.33. The number of carbonyl (C=O) groups excluding carboxylic acids is 1. The monoisotopic (exact) mass is 435 g/mol. The van der Waals surface area contributed by atoms with E-state index < -0.39 is 0 Å². The number of thiocarbonyl (C=S) groups is 1. The number of ether oxygens (including phenoxy) is 1. The van der Waals surface area contributed by atoms with Crippen LogP contribution >= 0.6 is 47.2 Å². The molecule has 3 nitrogen and oxygen atoms in total. The fraction of sp³-hybridized carbons (Fsp3) is 0.100. The molecule has 0 atom stereocenters. The van der Waals surface area contributed by atoms with Crippen LogP contribution in [-0.4, -0.2) is 21.7 Å². The average molecular weight is 436 g/mol. The molecular weight excluding hydrogens is 421 g/mol. The van der Waals surface area contributed by atoms with E-state index in [9.17, 15) is 4.79 Å². The highest BCUT2D eigenvalue weighted by Gasteiger charge is 2.30. The van der Waals surface area contributed by atoms with Crippen LogP contribution in [0.25, 0.3) is 6.08 Å². The molecule has 1 heterocycles. The molecule has 7 heteroatoms. The van der Waals surface area contributed by atoms with Crippen molar-refractivity contribution in [3.63, 3.8) is 0 Å². The van der Waals surface area contributed by atoms with Gasteiger partial charge in [0, 0.05) is 22.2 Å². The van der Waals surface area contributed by atoms with Gasteiger partial charge in [0.15, 0.2) is 0 Å². The first kappa shape index (κ1) is 20.0. The summed E-state index contributed by atoms with van der Waals surface area (Å²) in [5, 5.41) is 1.14. The first-order chi connectivity index (χ1) is 13.0. The molecule has 0 unspecified atom stereocenters. The second-order valence-corrected chi connectivity index (χ2v) is 8.20. The summed E-state index contributed by atoms with van der Waals surface area (Å²) in [5.41, 5.74) is 1.70. The van der Waals surface area contributed by atoms with Gasteiger partial charge in [0.05, 0.1) is 4.91 Å². The Morgan fingerprint density at radius 1 is 1.22 bits per heavy atom. The number of amides is 1. The zero-order chi connectivity index (χ0) is 19.4. The zero-order valence-electron chi connectivity index (χ0n) is 14.2. The van der Waals surface area contributed by atoms with Gasteiger partial charge in [-0.1, -0.05) is 71.5 Å². The lowest BCUT2D eigenvalue weighted by atomic mass is 10.2. The summed E-state index contributed by atoms with van der Waals surface area (Å²) in [7, 11) is 0. The molecule has 138 valence electrons. The molecule has 0 bridgehead atoms. The van der Waals surface area contributed by atoms with Crippen LogP contribution in [0.1, 0.15) is 11.1 Å². The molecule has 27 heavy (non-hydrogen) atoms. The fourth-order valence-corrected chi connectivity index (χ4v) is 4.17. The summed E-state index contributed by atoms with van der Waals surface area (Å²) in [6, 6.07) is 12.8. The van der Waals surface area contributed by atoms with Gasteiger partial charge >= 0.3 is 0 Å². The summed E-state index contributed by atoms with van der Waals surface area (Å²) in [6.07, 6.45) is 3.47. The maximum absolute atomic E-state index is 12.4. The van der Waals surface area contributed by atoms with Crippen molar-refractivity contribution in [1.82, 2.24) is 4.90 Å². The number of carbonyl (C=O) groups is 1. The third-order valence-electron chi connectivity index (χ3n) is 3.75. The van der Waals surface area contributed by atoms with Crippen molar-refractivity contribution in [3.05, 3.63) is 81.2 Å². The topological polar surface area (TPSA) is 29.5 Å². The third kappa shape index (κ3) is 4.93. The maximum atomic E-state index is 12.4. The van der Waals surface area contributed by atoms with Gasteiger partial charge in [-0.3, -0.25) is 9.69 Å². The summed E-state index contributed by atoms with van der Waals surface area (Å²) in [6.45, 7) is 4.38. The van der Waals surface area contributed by atoms with Crippen LogP contribution in [-0.2, 0) is 11.4 Å². The first-order valence-electron chi connectivity index (χ1n) is 8.01. The Labute approximate surface area is 177 Å². The first-order valence-corrected chi connectivity index (χ1v) is 9.99. The van der Waals surface area contributed by atoms with Gasteiger partial charge in [-0.2, -0.15) is 0 Å². The molecule has 1 fully saturated rings. The van der Waals surface area contributed by atoms with E-state index in [1.807, 2.05) is 36.4 Å². The van der Waals surface area contributed by atoms with Crippen LogP contribution < -0.4 is 4.74 Å². The molecule has 1 saturated heterocycles. The van der Waals surface area contributed by atoms with E-state index in [2.05, 4.69) is 6.58 Å². The molecule has 0 aliphatic carbocycles. The van der Waals surface area contributed by atoms with Gasteiger partial charge < -0.3 is 4.74 Å². The normalized spacial score (nSPS) is 15.5. The third-order valence-corrected chi connectivity index (χ3v) is 5.72. The van der Waals surface area contributed by atoms with Crippen molar-refractivity contribution in [3.8, 4) is 5.75 Å². The lowest BCUT2D eigenvalue weighted by Crippen LogP contribution is -2.27. The van der Waals surface area contributed by atoms with Crippen molar-refractivity contribution in [1.29, 1.82) is 0 Å². The maximum Gasteiger partial charge on any atom is 0.266 e. The summed E-state index contributed by atoms with van der Waals surface area (Å²) in [5.74, 6) is 0.570. The molecule has 1 amide bonds. The molecular formula is C20H15Cl2NO2S2. The number of benzene rings is 2. The molecule has 2 aromatic carbocycles. The molecule has 0 aromatic heterocycles. The summed E-state index contributed by atoms with van der Waals surface area (Å²) >= 11 is 18.6. The Hall–Kier alpha value is -1.79. The second kappa shape index (κ2) is 8.93. The largest absolute Gasteiger partial charge is 0.489 e. The van der Waals surface area contributed by atoms with Gasteiger partial charge in [-0.25, -0.2) is 0 Å². The van der Waals surface area contributed by atoms with E-state index in [-0.39, 0.29) is 5.91 Å². The van der Waals surface area contributed by atoms with E-state index in [1.165, 1.54) is 16.7 Å². The number of rotatable bonds is 6. The minimum absolute atomic E-state index is 0.107. The SMILES string of the molecule is C=CCN1C(=O)C(=Cc2cccc(OCc3ccc(Cl)cc3Cl)c2)SC1=S. The number of hydrogen-bond donors (Lipinski definition) is 0.